The number of hydrogen-bond acceptors (Lipinski definition) is 2. The molecule has 0 aromatic carbocycles. The first-order valence-corrected chi connectivity index (χ1v) is 4.86. The molecule has 13 heavy (non-hydrogen) atoms. The lowest BCUT2D eigenvalue weighted by Crippen LogP contribution is -1.96. The Morgan fingerprint density at radius 2 is 2.00 bits per heavy atom. The van der Waals surface area contributed by atoms with Gasteiger partial charge >= 0.3 is 0 Å². The summed E-state index contributed by atoms with van der Waals surface area (Å²) in [6, 6.07) is 0. The summed E-state index contributed by atoms with van der Waals surface area (Å²) in [5, 5.41) is 8.46. The lowest BCUT2D eigenvalue weighted by molar-refractivity contribution is 0.138. The molecule has 0 unspecified atom stereocenters. The van der Waals surface area contributed by atoms with Crippen LogP contribution in [-0.4, -0.2) is 24.9 Å². The van der Waals surface area contributed by atoms with Crippen molar-refractivity contribution in [3.05, 3.63) is 24.8 Å². The van der Waals surface area contributed by atoms with Gasteiger partial charge in [-0.2, -0.15) is 0 Å². The first-order chi connectivity index (χ1) is 6.41. The molecular weight excluding hydrogens is 164 g/mol. The molecule has 0 radical (unpaired) electrons. The van der Waals surface area contributed by atoms with Gasteiger partial charge in [0.25, 0.3) is 0 Å². The van der Waals surface area contributed by atoms with Crippen molar-refractivity contribution in [1.29, 1.82) is 0 Å². The van der Waals surface area contributed by atoms with Gasteiger partial charge in [0.1, 0.15) is 0 Å². The fraction of sp³-hybridized carbons (Fsp3) is 0.636. The molecule has 0 aromatic rings. The molecular formula is C11H20O2. The van der Waals surface area contributed by atoms with Crippen LogP contribution in [0.2, 0.25) is 0 Å². The monoisotopic (exact) mass is 184 g/mol. The molecule has 0 aliphatic carbocycles. The topological polar surface area (TPSA) is 29.5 Å². The highest BCUT2D eigenvalue weighted by atomic mass is 16.5. The molecule has 0 amide bonds. The van der Waals surface area contributed by atoms with Gasteiger partial charge in [-0.25, -0.2) is 0 Å². The molecule has 0 aliphatic heterocycles. The standard InChI is InChI=1S/C11H20O2/c1-2-3-4-5-6-7-10-13-11-8-9-12/h2,6-7,12H,1,3-5,8-11H2. The third kappa shape index (κ3) is 11.4. The predicted molar refractivity (Wildman–Crippen MR) is 55.7 cm³/mol. The van der Waals surface area contributed by atoms with Gasteiger partial charge in [0.15, 0.2) is 0 Å². The third-order valence-electron chi connectivity index (χ3n) is 1.61. The van der Waals surface area contributed by atoms with Crippen LogP contribution in [0.4, 0.5) is 0 Å². The lowest BCUT2D eigenvalue weighted by atomic mass is 10.2. The van der Waals surface area contributed by atoms with Gasteiger partial charge < -0.3 is 9.84 Å². The van der Waals surface area contributed by atoms with E-state index in [0.29, 0.717) is 13.2 Å². The van der Waals surface area contributed by atoms with E-state index in [1.54, 1.807) is 0 Å². The van der Waals surface area contributed by atoms with E-state index < -0.39 is 0 Å². The van der Waals surface area contributed by atoms with E-state index in [1.165, 1.54) is 0 Å². The maximum Gasteiger partial charge on any atom is 0.0647 e. The van der Waals surface area contributed by atoms with Crippen LogP contribution in [0.5, 0.6) is 0 Å². The van der Waals surface area contributed by atoms with Crippen LogP contribution in [0, 0.1) is 0 Å². The fourth-order valence-corrected chi connectivity index (χ4v) is 0.884. The van der Waals surface area contributed by atoms with Gasteiger partial charge in [-0.1, -0.05) is 18.2 Å². The quantitative estimate of drug-likeness (QED) is 0.440. The predicted octanol–water partition coefficient (Wildman–Crippen LogP) is 2.30. The van der Waals surface area contributed by atoms with E-state index in [9.17, 15) is 0 Å². The van der Waals surface area contributed by atoms with Gasteiger partial charge in [0, 0.05) is 13.2 Å². The minimum absolute atomic E-state index is 0.211. The molecule has 1 N–H and O–H groups in total. The molecule has 0 rings (SSSR count). The molecule has 0 saturated heterocycles. The molecule has 0 saturated carbocycles. The first kappa shape index (κ1) is 12.4. The Hall–Kier alpha value is -0.600. The highest BCUT2D eigenvalue weighted by Crippen LogP contribution is 1.96. The Labute approximate surface area is 80.9 Å². The molecule has 0 aliphatic rings. The van der Waals surface area contributed by atoms with E-state index in [-0.39, 0.29) is 6.61 Å². The summed E-state index contributed by atoms with van der Waals surface area (Å²) in [7, 11) is 0. The number of ether oxygens (including phenoxy) is 1. The Morgan fingerprint density at radius 3 is 2.69 bits per heavy atom. The Bertz CT molecular complexity index is 130. The van der Waals surface area contributed by atoms with Gasteiger partial charge in [-0.05, 0) is 25.7 Å². The minimum Gasteiger partial charge on any atom is -0.396 e. The van der Waals surface area contributed by atoms with Crippen LogP contribution in [-0.2, 0) is 4.74 Å². The van der Waals surface area contributed by atoms with Crippen molar-refractivity contribution in [3.63, 3.8) is 0 Å². The van der Waals surface area contributed by atoms with Crippen LogP contribution in [0.25, 0.3) is 0 Å². The molecule has 0 bridgehead atoms. The molecule has 2 heteroatoms. The molecule has 2 nitrogen and oxygen atoms in total. The molecule has 0 spiro atoms. The highest BCUT2D eigenvalue weighted by molar-refractivity contribution is 4.82. The van der Waals surface area contributed by atoms with Crippen LogP contribution in [0.3, 0.4) is 0 Å². The van der Waals surface area contributed by atoms with Crippen LogP contribution < -0.4 is 0 Å². The summed E-state index contributed by atoms with van der Waals surface area (Å²) in [6.07, 6.45) is 10.2. The largest absolute Gasteiger partial charge is 0.396 e. The van der Waals surface area contributed by atoms with Gasteiger partial charge in [-0.3, -0.25) is 0 Å². The maximum atomic E-state index is 8.46. The summed E-state index contributed by atoms with van der Waals surface area (Å²) in [5.41, 5.74) is 0. The Kier molecular flexibility index (Phi) is 10.9. The zero-order valence-corrected chi connectivity index (χ0v) is 8.24. The fourth-order valence-electron chi connectivity index (χ4n) is 0.884. The van der Waals surface area contributed by atoms with E-state index in [4.69, 9.17) is 9.84 Å². The van der Waals surface area contributed by atoms with Crippen molar-refractivity contribution >= 4 is 0 Å². The molecule has 0 heterocycles. The normalized spacial score (nSPS) is 10.8. The number of unbranched alkanes of at least 4 members (excludes halogenated alkanes) is 2. The van der Waals surface area contributed by atoms with Crippen molar-refractivity contribution in [2.75, 3.05) is 19.8 Å². The van der Waals surface area contributed by atoms with Gasteiger partial charge in [0.2, 0.25) is 0 Å². The second-order valence-electron chi connectivity index (χ2n) is 2.84. The van der Waals surface area contributed by atoms with Crippen molar-refractivity contribution in [1.82, 2.24) is 0 Å². The van der Waals surface area contributed by atoms with Crippen LogP contribution in [0.15, 0.2) is 24.8 Å². The zero-order valence-electron chi connectivity index (χ0n) is 8.24. The Balaban J connectivity index is 2.98. The summed E-state index contributed by atoms with van der Waals surface area (Å²) in [6.45, 7) is 5.17. The summed E-state index contributed by atoms with van der Waals surface area (Å²) in [5.74, 6) is 0. The molecule has 0 atom stereocenters. The van der Waals surface area contributed by atoms with E-state index >= 15 is 0 Å². The molecule has 76 valence electrons. The summed E-state index contributed by atoms with van der Waals surface area (Å²) < 4.78 is 5.21. The van der Waals surface area contributed by atoms with Gasteiger partial charge in [-0.15, -0.1) is 6.58 Å². The lowest BCUT2D eigenvalue weighted by Gasteiger charge is -1.97. The zero-order chi connectivity index (χ0) is 9.78. The van der Waals surface area contributed by atoms with Crippen molar-refractivity contribution < 1.29 is 9.84 Å². The van der Waals surface area contributed by atoms with E-state index in [0.717, 1.165) is 25.7 Å². The van der Waals surface area contributed by atoms with Gasteiger partial charge in [0.05, 0.1) is 6.61 Å². The first-order valence-electron chi connectivity index (χ1n) is 4.86. The van der Waals surface area contributed by atoms with Crippen LogP contribution >= 0.6 is 0 Å². The van der Waals surface area contributed by atoms with E-state index in [1.807, 2.05) is 12.2 Å². The van der Waals surface area contributed by atoms with Crippen molar-refractivity contribution in [2.24, 2.45) is 0 Å². The SMILES string of the molecule is C=CCCCC=CCOCCCO. The smallest absolute Gasteiger partial charge is 0.0647 e. The number of aliphatic hydroxyl groups excluding tert-OH is 1. The van der Waals surface area contributed by atoms with E-state index in [2.05, 4.69) is 12.7 Å². The summed E-state index contributed by atoms with van der Waals surface area (Å²) >= 11 is 0. The van der Waals surface area contributed by atoms with Crippen molar-refractivity contribution in [3.8, 4) is 0 Å². The second kappa shape index (κ2) is 11.4. The number of allylic oxidation sites excluding steroid dienone is 2. The average molecular weight is 184 g/mol. The van der Waals surface area contributed by atoms with Crippen molar-refractivity contribution in [2.45, 2.75) is 25.7 Å². The number of aliphatic hydroxyl groups is 1. The molecule has 0 aromatic heterocycles. The Morgan fingerprint density at radius 1 is 1.15 bits per heavy atom. The van der Waals surface area contributed by atoms with Crippen LogP contribution in [0.1, 0.15) is 25.7 Å². The molecule has 0 fully saturated rings. The second-order valence-corrected chi connectivity index (χ2v) is 2.84. The number of rotatable bonds is 9. The highest BCUT2D eigenvalue weighted by Gasteiger charge is 1.83. The maximum absolute atomic E-state index is 8.46. The number of hydrogen-bond donors (Lipinski definition) is 1. The minimum atomic E-state index is 0.211. The average Bonchev–Trinajstić information content (AvgIpc) is 2.16. The summed E-state index contributed by atoms with van der Waals surface area (Å²) in [4.78, 5) is 0. The third-order valence-corrected chi connectivity index (χ3v) is 1.61.